The Labute approximate surface area is 75.0 Å². The quantitative estimate of drug-likeness (QED) is 0.517. The van der Waals surface area contributed by atoms with Crippen molar-refractivity contribution < 1.29 is 9.90 Å². The number of hydrogen-bond donors (Lipinski definition) is 0. The fourth-order valence-electron chi connectivity index (χ4n) is 1.14. The molecule has 0 atom stereocenters. The summed E-state index contributed by atoms with van der Waals surface area (Å²) < 4.78 is 0. The molecular formula is C10H19O2. The van der Waals surface area contributed by atoms with Gasteiger partial charge in [-0.15, -0.1) is 0 Å². The van der Waals surface area contributed by atoms with Crippen molar-refractivity contribution >= 4 is 5.78 Å². The van der Waals surface area contributed by atoms with Crippen LogP contribution in [-0.4, -0.2) is 12.4 Å². The summed E-state index contributed by atoms with van der Waals surface area (Å²) in [5, 5.41) is 10.1. The smallest absolute Gasteiger partial charge is 0.133 e. The van der Waals surface area contributed by atoms with Crippen molar-refractivity contribution in [1.29, 1.82) is 0 Å². The zero-order chi connectivity index (χ0) is 9.23. The number of carbonyl (C=O) groups is 1. The van der Waals surface area contributed by atoms with Gasteiger partial charge in [-0.25, -0.2) is 5.11 Å². The van der Waals surface area contributed by atoms with Crippen LogP contribution in [0.25, 0.3) is 0 Å². The third-order valence-electron chi connectivity index (χ3n) is 1.91. The summed E-state index contributed by atoms with van der Waals surface area (Å²) in [4.78, 5) is 11.0. The summed E-state index contributed by atoms with van der Waals surface area (Å²) in [5.41, 5.74) is 0. The van der Waals surface area contributed by atoms with Crippen LogP contribution in [0.3, 0.4) is 0 Å². The molecule has 0 saturated heterocycles. The molecule has 71 valence electrons. The van der Waals surface area contributed by atoms with Crippen LogP contribution in [0, 0.1) is 0 Å². The van der Waals surface area contributed by atoms with E-state index in [1.54, 1.807) is 0 Å². The summed E-state index contributed by atoms with van der Waals surface area (Å²) >= 11 is 0. The Morgan fingerprint density at radius 3 is 2.25 bits per heavy atom. The first-order valence-corrected chi connectivity index (χ1v) is 4.91. The van der Waals surface area contributed by atoms with E-state index < -0.39 is 0 Å². The van der Waals surface area contributed by atoms with Crippen LogP contribution in [0.1, 0.15) is 51.9 Å². The van der Waals surface area contributed by atoms with E-state index in [9.17, 15) is 9.90 Å². The molecule has 0 unspecified atom stereocenters. The maximum absolute atomic E-state index is 11.0. The lowest BCUT2D eigenvalue weighted by Crippen LogP contribution is -1.98. The first kappa shape index (κ1) is 11.6. The molecule has 0 aliphatic carbocycles. The van der Waals surface area contributed by atoms with Crippen molar-refractivity contribution in [1.82, 2.24) is 0 Å². The van der Waals surface area contributed by atoms with Gasteiger partial charge in [-0.1, -0.05) is 26.2 Å². The second-order valence-electron chi connectivity index (χ2n) is 3.16. The Kier molecular flexibility index (Phi) is 8.46. The van der Waals surface area contributed by atoms with Crippen molar-refractivity contribution in [3.05, 3.63) is 0 Å². The lowest BCUT2D eigenvalue weighted by Gasteiger charge is -1.98. The van der Waals surface area contributed by atoms with E-state index in [0.29, 0.717) is 19.3 Å². The minimum Gasteiger partial charge on any atom is -0.300 e. The van der Waals surface area contributed by atoms with E-state index in [0.717, 1.165) is 12.8 Å². The SMILES string of the molecule is CCCCCCC(=O)CCC[O]. The molecular weight excluding hydrogens is 152 g/mol. The van der Waals surface area contributed by atoms with Crippen LogP contribution < -0.4 is 0 Å². The topological polar surface area (TPSA) is 37.0 Å². The summed E-state index contributed by atoms with van der Waals surface area (Å²) in [5.74, 6) is 0.266. The number of Topliss-reactive ketones (excluding diaryl/α,β-unsaturated/α-hetero) is 1. The molecule has 2 heteroatoms. The van der Waals surface area contributed by atoms with Gasteiger partial charge in [0, 0.05) is 12.8 Å². The van der Waals surface area contributed by atoms with Crippen LogP contribution in [0.15, 0.2) is 0 Å². The van der Waals surface area contributed by atoms with Gasteiger partial charge in [0.2, 0.25) is 0 Å². The molecule has 2 nitrogen and oxygen atoms in total. The molecule has 0 spiro atoms. The number of ketones is 1. The third kappa shape index (κ3) is 7.73. The van der Waals surface area contributed by atoms with E-state index in [2.05, 4.69) is 6.92 Å². The van der Waals surface area contributed by atoms with Gasteiger partial charge in [-0.05, 0) is 12.8 Å². The summed E-state index contributed by atoms with van der Waals surface area (Å²) in [6.45, 7) is 2.04. The predicted molar refractivity (Wildman–Crippen MR) is 48.6 cm³/mol. The number of hydrogen-bond acceptors (Lipinski definition) is 1. The van der Waals surface area contributed by atoms with Gasteiger partial charge < -0.3 is 0 Å². The Bertz CT molecular complexity index is 110. The predicted octanol–water partition coefficient (Wildman–Crippen LogP) is 2.74. The molecule has 0 aliphatic heterocycles. The molecule has 0 fully saturated rings. The van der Waals surface area contributed by atoms with E-state index in [1.165, 1.54) is 12.8 Å². The van der Waals surface area contributed by atoms with Gasteiger partial charge in [0.1, 0.15) is 5.78 Å². The Balaban J connectivity index is 3.08. The van der Waals surface area contributed by atoms with Crippen molar-refractivity contribution in [2.24, 2.45) is 0 Å². The highest BCUT2D eigenvalue weighted by Gasteiger charge is 2.00. The monoisotopic (exact) mass is 171 g/mol. The second kappa shape index (κ2) is 8.72. The van der Waals surface area contributed by atoms with Crippen molar-refractivity contribution in [3.63, 3.8) is 0 Å². The van der Waals surface area contributed by atoms with Crippen molar-refractivity contribution in [3.8, 4) is 0 Å². The van der Waals surface area contributed by atoms with Crippen molar-refractivity contribution in [2.45, 2.75) is 51.9 Å². The first-order valence-electron chi connectivity index (χ1n) is 4.91. The Hall–Kier alpha value is -0.370. The Morgan fingerprint density at radius 1 is 1.00 bits per heavy atom. The molecule has 1 radical (unpaired) electrons. The third-order valence-corrected chi connectivity index (χ3v) is 1.91. The summed E-state index contributed by atoms with van der Waals surface area (Å²) in [6, 6.07) is 0. The maximum Gasteiger partial charge on any atom is 0.133 e. The van der Waals surface area contributed by atoms with Crippen LogP contribution in [0.2, 0.25) is 0 Å². The normalized spacial score (nSPS) is 10.2. The lowest BCUT2D eigenvalue weighted by atomic mass is 10.1. The van der Waals surface area contributed by atoms with Gasteiger partial charge in [0.15, 0.2) is 0 Å². The molecule has 0 bridgehead atoms. The molecule has 0 aliphatic rings. The second-order valence-corrected chi connectivity index (χ2v) is 3.16. The van der Waals surface area contributed by atoms with E-state index in [4.69, 9.17) is 0 Å². The fourth-order valence-corrected chi connectivity index (χ4v) is 1.14. The van der Waals surface area contributed by atoms with Crippen molar-refractivity contribution in [2.75, 3.05) is 6.61 Å². The number of carbonyl (C=O) groups excluding carboxylic acids is 1. The summed E-state index contributed by atoms with van der Waals surface area (Å²) in [7, 11) is 0. The minimum atomic E-state index is -0.110. The average molecular weight is 171 g/mol. The van der Waals surface area contributed by atoms with Crippen LogP contribution in [-0.2, 0) is 9.90 Å². The number of rotatable bonds is 8. The highest BCUT2D eigenvalue weighted by Crippen LogP contribution is 2.05. The molecule has 12 heavy (non-hydrogen) atoms. The average Bonchev–Trinajstić information content (AvgIpc) is 2.09. The van der Waals surface area contributed by atoms with Crippen LogP contribution in [0.5, 0.6) is 0 Å². The molecule has 0 heterocycles. The fraction of sp³-hybridized carbons (Fsp3) is 0.900. The molecule has 0 aromatic rings. The van der Waals surface area contributed by atoms with Gasteiger partial charge in [-0.3, -0.25) is 4.79 Å². The lowest BCUT2D eigenvalue weighted by molar-refractivity contribution is -0.119. The van der Waals surface area contributed by atoms with E-state index in [1.807, 2.05) is 0 Å². The van der Waals surface area contributed by atoms with Gasteiger partial charge in [0.25, 0.3) is 0 Å². The van der Waals surface area contributed by atoms with Crippen LogP contribution in [0.4, 0.5) is 0 Å². The highest BCUT2D eigenvalue weighted by molar-refractivity contribution is 5.78. The zero-order valence-electron chi connectivity index (χ0n) is 7.97. The summed E-state index contributed by atoms with van der Waals surface area (Å²) in [6.07, 6.45) is 6.27. The highest BCUT2D eigenvalue weighted by atomic mass is 16.3. The number of unbranched alkanes of at least 4 members (excludes halogenated alkanes) is 3. The molecule has 0 aromatic heterocycles. The zero-order valence-corrected chi connectivity index (χ0v) is 7.97. The van der Waals surface area contributed by atoms with E-state index in [-0.39, 0.29) is 12.4 Å². The largest absolute Gasteiger partial charge is 0.300 e. The Morgan fingerprint density at radius 2 is 1.67 bits per heavy atom. The van der Waals surface area contributed by atoms with Gasteiger partial charge >= 0.3 is 0 Å². The molecule has 0 N–H and O–H groups in total. The maximum atomic E-state index is 11.0. The molecule has 0 saturated carbocycles. The van der Waals surface area contributed by atoms with E-state index >= 15 is 0 Å². The first-order chi connectivity index (χ1) is 5.81. The van der Waals surface area contributed by atoms with Gasteiger partial charge in [-0.2, -0.15) is 0 Å². The standard InChI is InChI=1S/C10H19O2/c1-2-3-4-5-7-10(12)8-6-9-11/h2-9H2,1H3. The molecule has 0 amide bonds. The molecule has 0 aromatic carbocycles. The van der Waals surface area contributed by atoms with Gasteiger partial charge in [0.05, 0.1) is 6.61 Å². The minimum absolute atomic E-state index is 0.110. The molecule has 0 rings (SSSR count). The van der Waals surface area contributed by atoms with Crippen LogP contribution >= 0.6 is 0 Å².